The van der Waals surface area contributed by atoms with E-state index >= 15 is 0 Å². The molecule has 0 aliphatic carbocycles. The molecule has 1 amide bonds. The number of hydrogen-bond acceptors (Lipinski definition) is 2. The first-order valence-electron chi connectivity index (χ1n) is 4.63. The maximum Gasteiger partial charge on any atom is 0.225 e. The molecule has 3 heteroatoms. The Kier molecular flexibility index (Phi) is 4.34. The molecule has 1 aliphatic heterocycles. The largest absolute Gasteiger partial charge is 0.381 e. The topological polar surface area (TPSA) is 38.3 Å². The Morgan fingerprint density at radius 3 is 3.15 bits per heavy atom. The summed E-state index contributed by atoms with van der Waals surface area (Å²) in [6.07, 6.45) is 7.58. The highest BCUT2D eigenvalue weighted by molar-refractivity contribution is 5.78. The van der Waals surface area contributed by atoms with Crippen LogP contribution < -0.4 is 5.32 Å². The van der Waals surface area contributed by atoms with E-state index in [-0.39, 0.29) is 11.8 Å². The summed E-state index contributed by atoms with van der Waals surface area (Å²) < 4.78 is 5.21. The number of carbonyl (C=O) groups excluding carboxylic acids is 1. The number of nitrogens with one attached hydrogen (secondary N) is 1. The van der Waals surface area contributed by atoms with Crippen LogP contribution in [0.5, 0.6) is 0 Å². The number of terminal acetylenes is 1. The predicted octanol–water partition coefficient (Wildman–Crippen LogP) is 0.552. The Morgan fingerprint density at radius 1 is 1.69 bits per heavy atom. The van der Waals surface area contributed by atoms with E-state index in [9.17, 15) is 4.79 Å². The fourth-order valence-electron chi connectivity index (χ4n) is 1.35. The molecule has 0 spiro atoms. The minimum atomic E-state index is 0.0338. The van der Waals surface area contributed by atoms with Gasteiger partial charge in [0.2, 0.25) is 5.91 Å². The number of hydrogen-bond donors (Lipinski definition) is 1. The lowest BCUT2D eigenvalue weighted by molar-refractivity contribution is -0.128. The molecular formula is C10H15NO2. The molecule has 0 aromatic carbocycles. The summed E-state index contributed by atoms with van der Waals surface area (Å²) in [6.45, 7) is 1.92. The Morgan fingerprint density at radius 2 is 2.54 bits per heavy atom. The average Bonchev–Trinajstić information content (AvgIpc) is 2.19. The quantitative estimate of drug-likeness (QED) is 0.510. The standard InChI is InChI=1S/C10H15NO2/c1-2-3-6-11-10(12)9-5-4-7-13-8-9/h1,9H,3-8H2,(H,11,12). The van der Waals surface area contributed by atoms with E-state index in [0.717, 1.165) is 19.4 Å². The van der Waals surface area contributed by atoms with Crippen LogP contribution in [0.4, 0.5) is 0 Å². The van der Waals surface area contributed by atoms with Gasteiger partial charge >= 0.3 is 0 Å². The molecule has 0 radical (unpaired) electrons. The first-order chi connectivity index (χ1) is 6.34. The van der Waals surface area contributed by atoms with Crippen LogP contribution in [0.1, 0.15) is 19.3 Å². The van der Waals surface area contributed by atoms with Crippen LogP contribution in [0.2, 0.25) is 0 Å². The first-order valence-corrected chi connectivity index (χ1v) is 4.63. The lowest BCUT2D eigenvalue weighted by Gasteiger charge is -2.20. The molecule has 0 bridgehead atoms. The average molecular weight is 181 g/mol. The van der Waals surface area contributed by atoms with E-state index in [1.165, 1.54) is 0 Å². The number of rotatable bonds is 3. The maximum absolute atomic E-state index is 11.4. The zero-order valence-corrected chi connectivity index (χ0v) is 7.71. The van der Waals surface area contributed by atoms with Crippen molar-refractivity contribution in [2.75, 3.05) is 19.8 Å². The van der Waals surface area contributed by atoms with Gasteiger partial charge in [0.05, 0.1) is 12.5 Å². The molecule has 72 valence electrons. The van der Waals surface area contributed by atoms with E-state index < -0.39 is 0 Å². The molecular weight excluding hydrogens is 166 g/mol. The van der Waals surface area contributed by atoms with Crippen molar-refractivity contribution in [2.24, 2.45) is 5.92 Å². The van der Waals surface area contributed by atoms with Gasteiger partial charge in [0.25, 0.3) is 0 Å². The van der Waals surface area contributed by atoms with Crippen LogP contribution in [-0.4, -0.2) is 25.7 Å². The van der Waals surface area contributed by atoms with E-state index in [0.29, 0.717) is 19.6 Å². The molecule has 3 nitrogen and oxygen atoms in total. The second-order valence-electron chi connectivity index (χ2n) is 3.16. The van der Waals surface area contributed by atoms with Gasteiger partial charge in [-0.05, 0) is 12.8 Å². The third-order valence-corrected chi connectivity index (χ3v) is 2.10. The molecule has 0 saturated carbocycles. The number of carbonyl (C=O) groups is 1. The minimum absolute atomic E-state index is 0.0338. The fourth-order valence-corrected chi connectivity index (χ4v) is 1.35. The molecule has 1 aliphatic rings. The number of amides is 1. The molecule has 1 rings (SSSR count). The van der Waals surface area contributed by atoms with Gasteiger partial charge in [-0.2, -0.15) is 0 Å². The lowest BCUT2D eigenvalue weighted by Crippen LogP contribution is -2.35. The maximum atomic E-state index is 11.4. The summed E-state index contributed by atoms with van der Waals surface area (Å²) >= 11 is 0. The number of ether oxygens (including phenoxy) is 1. The van der Waals surface area contributed by atoms with E-state index in [4.69, 9.17) is 11.2 Å². The molecule has 0 aromatic rings. The molecule has 13 heavy (non-hydrogen) atoms. The van der Waals surface area contributed by atoms with Gasteiger partial charge in [-0.1, -0.05) is 0 Å². The second-order valence-corrected chi connectivity index (χ2v) is 3.16. The Balaban J connectivity index is 2.18. The van der Waals surface area contributed by atoms with Crippen molar-refractivity contribution in [2.45, 2.75) is 19.3 Å². The van der Waals surface area contributed by atoms with Gasteiger partial charge in [-0.25, -0.2) is 0 Å². The van der Waals surface area contributed by atoms with Crippen molar-refractivity contribution in [1.29, 1.82) is 0 Å². The van der Waals surface area contributed by atoms with E-state index in [1.807, 2.05) is 0 Å². The fraction of sp³-hybridized carbons (Fsp3) is 0.700. The predicted molar refractivity (Wildman–Crippen MR) is 50.0 cm³/mol. The second kappa shape index (κ2) is 5.60. The van der Waals surface area contributed by atoms with Gasteiger partial charge in [-0.3, -0.25) is 4.79 Å². The molecule has 1 N–H and O–H groups in total. The molecule has 1 unspecified atom stereocenters. The van der Waals surface area contributed by atoms with Crippen LogP contribution >= 0.6 is 0 Å². The van der Waals surface area contributed by atoms with Gasteiger partial charge in [0.15, 0.2) is 0 Å². The monoisotopic (exact) mass is 181 g/mol. The van der Waals surface area contributed by atoms with Crippen molar-refractivity contribution in [3.8, 4) is 12.3 Å². The third kappa shape index (κ3) is 3.47. The molecule has 0 aromatic heterocycles. The minimum Gasteiger partial charge on any atom is -0.381 e. The van der Waals surface area contributed by atoms with Gasteiger partial charge in [0.1, 0.15) is 0 Å². The van der Waals surface area contributed by atoms with Crippen LogP contribution in [0.15, 0.2) is 0 Å². The normalized spacial score (nSPS) is 21.9. The van der Waals surface area contributed by atoms with Crippen molar-refractivity contribution in [3.05, 3.63) is 0 Å². The summed E-state index contributed by atoms with van der Waals surface area (Å²) in [4.78, 5) is 11.4. The Hall–Kier alpha value is -1.01. The van der Waals surface area contributed by atoms with E-state index in [2.05, 4.69) is 11.2 Å². The van der Waals surface area contributed by atoms with Gasteiger partial charge in [0, 0.05) is 19.6 Å². The summed E-state index contributed by atoms with van der Waals surface area (Å²) in [5.74, 6) is 2.59. The summed E-state index contributed by atoms with van der Waals surface area (Å²) in [7, 11) is 0. The highest BCUT2D eigenvalue weighted by Gasteiger charge is 2.20. The smallest absolute Gasteiger partial charge is 0.225 e. The zero-order valence-electron chi connectivity index (χ0n) is 7.71. The summed E-state index contributed by atoms with van der Waals surface area (Å²) in [5, 5.41) is 2.79. The van der Waals surface area contributed by atoms with Crippen molar-refractivity contribution in [3.63, 3.8) is 0 Å². The van der Waals surface area contributed by atoms with Gasteiger partial charge < -0.3 is 10.1 Å². The van der Waals surface area contributed by atoms with Crippen molar-refractivity contribution >= 4 is 5.91 Å². The highest BCUT2D eigenvalue weighted by atomic mass is 16.5. The van der Waals surface area contributed by atoms with Crippen molar-refractivity contribution < 1.29 is 9.53 Å². The molecule has 1 atom stereocenters. The van der Waals surface area contributed by atoms with Crippen LogP contribution in [-0.2, 0) is 9.53 Å². The lowest BCUT2D eigenvalue weighted by atomic mass is 10.0. The van der Waals surface area contributed by atoms with Gasteiger partial charge in [-0.15, -0.1) is 12.3 Å². The Labute approximate surface area is 78.8 Å². The third-order valence-electron chi connectivity index (χ3n) is 2.10. The van der Waals surface area contributed by atoms with E-state index in [1.54, 1.807) is 0 Å². The van der Waals surface area contributed by atoms with Crippen molar-refractivity contribution in [1.82, 2.24) is 5.32 Å². The summed E-state index contributed by atoms with van der Waals surface area (Å²) in [5.41, 5.74) is 0. The summed E-state index contributed by atoms with van der Waals surface area (Å²) in [6, 6.07) is 0. The molecule has 1 saturated heterocycles. The first kappa shape index (κ1) is 10.1. The highest BCUT2D eigenvalue weighted by Crippen LogP contribution is 2.12. The SMILES string of the molecule is C#CCCNC(=O)C1CCCOC1. The zero-order chi connectivity index (χ0) is 9.52. The van der Waals surface area contributed by atoms with Crippen LogP contribution in [0.25, 0.3) is 0 Å². The Bertz CT molecular complexity index is 201. The molecule has 1 fully saturated rings. The molecule has 1 heterocycles. The van der Waals surface area contributed by atoms with Crippen LogP contribution in [0.3, 0.4) is 0 Å². The van der Waals surface area contributed by atoms with Crippen LogP contribution in [0, 0.1) is 18.3 Å².